The maximum Gasteiger partial charge on any atom is 0.239 e. The third-order valence-electron chi connectivity index (χ3n) is 1.99. The first-order valence-electron chi connectivity index (χ1n) is 7.19. The summed E-state index contributed by atoms with van der Waals surface area (Å²) in [5.74, 6) is 1.69. The number of aromatic nitrogens is 3. The molecule has 1 aromatic rings. The van der Waals surface area contributed by atoms with E-state index in [9.17, 15) is 0 Å². The van der Waals surface area contributed by atoms with Crippen LogP contribution in [0.3, 0.4) is 0 Å². The van der Waals surface area contributed by atoms with E-state index in [0.717, 1.165) is 0 Å². The number of hydrogen-bond donors (Lipinski definition) is 3. The molecule has 6 nitrogen and oxygen atoms in total. The number of anilines is 3. The van der Waals surface area contributed by atoms with Gasteiger partial charge in [0.25, 0.3) is 0 Å². The number of rotatable bonds is 5. The van der Waals surface area contributed by atoms with E-state index < -0.39 is 0 Å². The molecule has 7 heteroatoms. The van der Waals surface area contributed by atoms with Crippen molar-refractivity contribution in [2.24, 2.45) is 0 Å². The van der Waals surface area contributed by atoms with Crippen LogP contribution in [0.25, 0.3) is 0 Å². The second-order valence-corrected chi connectivity index (χ2v) is 8.71. The Kier molecular flexibility index (Phi) is 5.67. The molecule has 0 aliphatic heterocycles. The Hall–Kier alpha value is -1.24. The minimum atomic E-state index is -0.108. The van der Waals surface area contributed by atoms with Gasteiger partial charge in [0.15, 0.2) is 0 Å². The zero-order valence-electron chi connectivity index (χ0n) is 14.3. The van der Waals surface area contributed by atoms with Crippen molar-refractivity contribution >= 4 is 29.8 Å². The van der Waals surface area contributed by atoms with Crippen LogP contribution in [0.4, 0.5) is 17.8 Å². The summed E-state index contributed by atoms with van der Waals surface area (Å²) >= 11 is 1.58. The van der Waals surface area contributed by atoms with E-state index in [1.54, 1.807) is 11.9 Å². The van der Waals surface area contributed by atoms with Gasteiger partial charge >= 0.3 is 0 Å². The maximum absolute atomic E-state index is 4.44. The zero-order chi connectivity index (χ0) is 16.3. The first-order valence-corrected chi connectivity index (χ1v) is 8.07. The standard InChI is InChI=1S/C14H28N6S/c1-9(2)21-20-12-16-10(18-13(3,4)5)15-11(17-12)19-14(6,7)8/h9H,1-8H3,(H3,15,16,17,18,19,20). The summed E-state index contributed by atoms with van der Waals surface area (Å²) in [5, 5.41) is 7.01. The van der Waals surface area contributed by atoms with Gasteiger partial charge in [-0.3, -0.25) is 4.72 Å². The fourth-order valence-corrected chi connectivity index (χ4v) is 1.81. The molecule has 0 aliphatic carbocycles. The van der Waals surface area contributed by atoms with Gasteiger partial charge in [0.2, 0.25) is 17.8 Å². The fourth-order valence-electron chi connectivity index (χ4n) is 1.37. The normalized spacial score (nSPS) is 12.4. The second kappa shape index (κ2) is 6.68. The number of nitrogens with zero attached hydrogens (tertiary/aromatic N) is 3. The van der Waals surface area contributed by atoms with Gasteiger partial charge in [0.1, 0.15) is 0 Å². The lowest BCUT2D eigenvalue weighted by molar-refractivity contribution is 0.617. The van der Waals surface area contributed by atoms with Crippen molar-refractivity contribution in [2.45, 2.75) is 71.7 Å². The molecule has 1 heterocycles. The average molecular weight is 312 g/mol. The van der Waals surface area contributed by atoms with Gasteiger partial charge in [-0.15, -0.1) is 0 Å². The van der Waals surface area contributed by atoms with Crippen LogP contribution in [0.5, 0.6) is 0 Å². The molecule has 1 aromatic heterocycles. The second-order valence-electron chi connectivity index (χ2n) is 7.32. The third kappa shape index (κ3) is 7.94. The smallest absolute Gasteiger partial charge is 0.239 e. The van der Waals surface area contributed by atoms with Crippen molar-refractivity contribution in [2.75, 3.05) is 15.4 Å². The molecule has 3 N–H and O–H groups in total. The van der Waals surface area contributed by atoms with Crippen LogP contribution in [0.15, 0.2) is 0 Å². The van der Waals surface area contributed by atoms with Gasteiger partial charge in [-0.05, 0) is 53.5 Å². The first-order chi connectivity index (χ1) is 9.44. The lowest BCUT2D eigenvalue weighted by atomic mass is 10.1. The van der Waals surface area contributed by atoms with Gasteiger partial charge in [0.05, 0.1) is 0 Å². The Morgan fingerprint density at radius 2 is 1.14 bits per heavy atom. The molecule has 0 saturated heterocycles. The molecule has 0 aromatic carbocycles. The first kappa shape index (κ1) is 17.8. The highest BCUT2D eigenvalue weighted by molar-refractivity contribution is 8.01. The van der Waals surface area contributed by atoms with Crippen molar-refractivity contribution in [3.63, 3.8) is 0 Å². The lowest BCUT2D eigenvalue weighted by Gasteiger charge is -2.23. The molecule has 1 rings (SSSR count). The molecule has 0 bridgehead atoms. The molecular formula is C14H28N6S. The minimum absolute atomic E-state index is 0.108. The van der Waals surface area contributed by atoms with Crippen LogP contribution in [-0.2, 0) is 0 Å². The van der Waals surface area contributed by atoms with E-state index in [2.05, 4.69) is 85.7 Å². The van der Waals surface area contributed by atoms with Crippen LogP contribution in [-0.4, -0.2) is 31.3 Å². The Labute approximate surface area is 132 Å². The van der Waals surface area contributed by atoms with Gasteiger partial charge in [-0.1, -0.05) is 13.8 Å². The molecule has 0 fully saturated rings. The van der Waals surface area contributed by atoms with Crippen LogP contribution < -0.4 is 15.4 Å². The summed E-state index contributed by atoms with van der Waals surface area (Å²) in [6.45, 7) is 16.7. The Bertz CT molecular complexity index is 427. The predicted octanol–water partition coefficient (Wildman–Crippen LogP) is 3.76. The summed E-state index contributed by atoms with van der Waals surface area (Å²) in [4.78, 5) is 13.3. The molecule has 0 saturated carbocycles. The van der Waals surface area contributed by atoms with Crippen molar-refractivity contribution in [3.8, 4) is 0 Å². The molecule has 21 heavy (non-hydrogen) atoms. The predicted molar refractivity (Wildman–Crippen MR) is 92.9 cm³/mol. The Morgan fingerprint density at radius 1 is 0.762 bits per heavy atom. The highest BCUT2D eigenvalue weighted by Crippen LogP contribution is 2.19. The summed E-state index contributed by atoms with van der Waals surface area (Å²) in [6, 6.07) is 0. The Morgan fingerprint density at radius 3 is 1.48 bits per heavy atom. The molecular weight excluding hydrogens is 284 g/mol. The van der Waals surface area contributed by atoms with Crippen LogP contribution >= 0.6 is 11.9 Å². The zero-order valence-corrected chi connectivity index (χ0v) is 15.1. The van der Waals surface area contributed by atoms with E-state index >= 15 is 0 Å². The molecule has 0 unspecified atom stereocenters. The monoisotopic (exact) mass is 312 g/mol. The van der Waals surface area contributed by atoms with Crippen molar-refractivity contribution in [3.05, 3.63) is 0 Å². The maximum atomic E-state index is 4.44. The van der Waals surface area contributed by atoms with Gasteiger partial charge in [0, 0.05) is 16.3 Å². The summed E-state index contributed by atoms with van der Waals surface area (Å²) in [6.07, 6.45) is 0. The van der Waals surface area contributed by atoms with Gasteiger partial charge in [-0.2, -0.15) is 15.0 Å². The summed E-state index contributed by atoms with van der Waals surface area (Å²) in [7, 11) is 0. The SMILES string of the molecule is CC(C)SNc1nc(NC(C)(C)C)nc(NC(C)(C)C)n1. The Balaban J connectivity index is 3.01. The highest BCUT2D eigenvalue weighted by atomic mass is 32.2. The molecule has 0 amide bonds. The van der Waals surface area contributed by atoms with E-state index in [1.807, 2.05) is 0 Å². The summed E-state index contributed by atoms with van der Waals surface area (Å²) < 4.78 is 3.17. The van der Waals surface area contributed by atoms with E-state index in [4.69, 9.17) is 0 Å². The van der Waals surface area contributed by atoms with E-state index in [0.29, 0.717) is 23.1 Å². The average Bonchev–Trinajstić information content (AvgIpc) is 2.20. The van der Waals surface area contributed by atoms with Crippen molar-refractivity contribution in [1.82, 2.24) is 15.0 Å². The summed E-state index contributed by atoms with van der Waals surface area (Å²) in [5.41, 5.74) is -0.217. The van der Waals surface area contributed by atoms with E-state index in [1.165, 1.54) is 0 Å². The molecule has 120 valence electrons. The number of hydrogen-bond acceptors (Lipinski definition) is 7. The minimum Gasteiger partial charge on any atom is -0.349 e. The molecule has 0 atom stereocenters. The molecule has 0 radical (unpaired) electrons. The van der Waals surface area contributed by atoms with Gasteiger partial charge < -0.3 is 10.6 Å². The van der Waals surface area contributed by atoms with Crippen LogP contribution in [0.1, 0.15) is 55.4 Å². The highest BCUT2D eigenvalue weighted by Gasteiger charge is 2.17. The van der Waals surface area contributed by atoms with Crippen molar-refractivity contribution < 1.29 is 0 Å². The lowest BCUT2D eigenvalue weighted by Crippen LogP contribution is -2.30. The van der Waals surface area contributed by atoms with Crippen LogP contribution in [0, 0.1) is 0 Å². The molecule has 0 spiro atoms. The largest absolute Gasteiger partial charge is 0.349 e. The van der Waals surface area contributed by atoms with E-state index in [-0.39, 0.29) is 11.1 Å². The number of nitrogens with one attached hydrogen (secondary N) is 3. The fraction of sp³-hybridized carbons (Fsp3) is 0.786. The van der Waals surface area contributed by atoms with Gasteiger partial charge in [-0.25, -0.2) is 0 Å². The van der Waals surface area contributed by atoms with Crippen molar-refractivity contribution in [1.29, 1.82) is 0 Å². The quantitative estimate of drug-likeness (QED) is 0.715. The van der Waals surface area contributed by atoms with Crippen LogP contribution in [0.2, 0.25) is 0 Å². The molecule has 0 aliphatic rings. The topological polar surface area (TPSA) is 74.8 Å². The third-order valence-corrected chi connectivity index (χ3v) is 2.77.